The molecule has 0 atom stereocenters. The van der Waals surface area contributed by atoms with Crippen molar-refractivity contribution in [3.63, 3.8) is 0 Å². The van der Waals surface area contributed by atoms with Gasteiger partial charge in [-0.25, -0.2) is 4.98 Å². The summed E-state index contributed by atoms with van der Waals surface area (Å²) in [7, 11) is 0. The van der Waals surface area contributed by atoms with Crippen molar-refractivity contribution < 1.29 is 4.79 Å². The molecule has 2 aromatic heterocycles. The fourth-order valence-corrected chi connectivity index (χ4v) is 3.11. The number of aromatic amines is 1. The van der Waals surface area contributed by atoms with Crippen LogP contribution in [0.2, 0.25) is 0 Å². The van der Waals surface area contributed by atoms with E-state index in [2.05, 4.69) is 15.0 Å². The van der Waals surface area contributed by atoms with Crippen molar-refractivity contribution in [3.05, 3.63) is 81.5 Å². The third-order valence-electron chi connectivity index (χ3n) is 4.61. The van der Waals surface area contributed by atoms with Gasteiger partial charge in [-0.15, -0.1) is 0 Å². The van der Waals surface area contributed by atoms with Gasteiger partial charge in [0.25, 0.3) is 11.5 Å². The zero-order valence-corrected chi connectivity index (χ0v) is 14.4. The molecular weight excluding hydrogens is 328 g/mol. The highest BCUT2D eigenvalue weighted by Crippen LogP contribution is 2.18. The molecule has 0 radical (unpaired) electrons. The Hall–Kier alpha value is -3.28. The van der Waals surface area contributed by atoms with Crippen molar-refractivity contribution in [2.24, 2.45) is 0 Å². The van der Waals surface area contributed by atoms with Crippen LogP contribution in [0.4, 0.5) is 0 Å². The summed E-state index contributed by atoms with van der Waals surface area (Å²) in [5, 5.41) is 0. The van der Waals surface area contributed by atoms with Gasteiger partial charge in [-0.3, -0.25) is 14.6 Å². The van der Waals surface area contributed by atoms with Crippen molar-refractivity contribution >= 4 is 5.91 Å². The topological polar surface area (TPSA) is 79.0 Å². The number of fused-ring (bicyclic) bond motifs is 1. The molecule has 6 nitrogen and oxygen atoms in total. The lowest BCUT2D eigenvalue weighted by Gasteiger charge is -2.27. The number of benzene rings is 1. The van der Waals surface area contributed by atoms with Crippen LogP contribution in [-0.2, 0) is 13.0 Å². The van der Waals surface area contributed by atoms with Gasteiger partial charge in [0.05, 0.1) is 0 Å². The number of rotatable bonds is 2. The molecule has 0 spiro atoms. The van der Waals surface area contributed by atoms with E-state index in [1.165, 1.54) is 6.20 Å². The van der Waals surface area contributed by atoms with E-state index in [1.54, 1.807) is 11.1 Å². The quantitative estimate of drug-likeness (QED) is 0.772. The van der Waals surface area contributed by atoms with Crippen LogP contribution in [0.15, 0.2) is 53.6 Å². The second-order valence-corrected chi connectivity index (χ2v) is 6.43. The number of nitrogens with zero attached hydrogens (tertiary/aromatic N) is 3. The molecule has 0 saturated carbocycles. The molecule has 1 aliphatic heterocycles. The molecule has 0 aliphatic carbocycles. The molecule has 6 heteroatoms. The Kier molecular flexibility index (Phi) is 4.08. The molecule has 3 aromatic rings. The Morgan fingerprint density at radius 3 is 2.73 bits per heavy atom. The fourth-order valence-electron chi connectivity index (χ4n) is 3.11. The number of hydrogen-bond acceptors (Lipinski definition) is 4. The van der Waals surface area contributed by atoms with E-state index in [-0.39, 0.29) is 11.5 Å². The molecule has 26 heavy (non-hydrogen) atoms. The van der Waals surface area contributed by atoms with Crippen LogP contribution in [-0.4, -0.2) is 32.3 Å². The smallest absolute Gasteiger partial charge is 0.264 e. The first-order valence-electron chi connectivity index (χ1n) is 8.50. The average molecular weight is 346 g/mol. The third-order valence-corrected chi connectivity index (χ3v) is 4.61. The highest BCUT2D eigenvalue weighted by molar-refractivity contribution is 5.93. The zero-order valence-electron chi connectivity index (χ0n) is 14.4. The Labute approximate surface area is 150 Å². The van der Waals surface area contributed by atoms with Gasteiger partial charge in [0, 0.05) is 43.2 Å². The minimum Gasteiger partial charge on any atom is -0.334 e. The number of carbonyl (C=O) groups excluding carboxylic acids is 1. The average Bonchev–Trinajstić information content (AvgIpc) is 2.67. The Morgan fingerprint density at radius 2 is 1.96 bits per heavy atom. The van der Waals surface area contributed by atoms with Crippen molar-refractivity contribution in [3.8, 4) is 11.4 Å². The minimum atomic E-state index is -0.419. The molecular formula is C20H18N4O2. The van der Waals surface area contributed by atoms with Gasteiger partial charge in [0.2, 0.25) is 0 Å². The van der Waals surface area contributed by atoms with Crippen LogP contribution in [0.3, 0.4) is 0 Å². The number of aryl methyl sites for hydroxylation is 1. The van der Waals surface area contributed by atoms with Gasteiger partial charge < -0.3 is 9.88 Å². The summed E-state index contributed by atoms with van der Waals surface area (Å²) >= 11 is 0. The maximum absolute atomic E-state index is 12.8. The van der Waals surface area contributed by atoms with Gasteiger partial charge in [-0.05, 0) is 18.6 Å². The molecule has 0 unspecified atom stereocenters. The lowest BCUT2D eigenvalue weighted by atomic mass is 10.1. The molecule has 0 saturated heterocycles. The van der Waals surface area contributed by atoms with Crippen molar-refractivity contribution in [2.75, 3.05) is 6.54 Å². The molecule has 1 aliphatic rings. The standard InChI is InChI=1S/C20H18N4O2/c1-13-4-6-14(7-5-13)18-22-11-16(19(25)23-18)20(26)24-10-8-17-15(12-24)3-2-9-21-17/h2-7,9,11H,8,10,12H2,1H3,(H,22,23,25). The van der Waals surface area contributed by atoms with Crippen LogP contribution in [0.1, 0.15) is 27.2 Å². The van der Waals surface area contributed by atoms with Crippen LogP contribution in [0.25, 0.3) is 11.4 Å². The third kappa shape index (κ3) is 3.01. The number of pyridine rings is 1. The predicted molar refractivity (Wildman–Crippen MR) is 97.7 cm³/mol. The summed E-state index contributed by atoms with van der Waals surface area (Å²) in [4.78, 5) is 38.2. The van der Waals surface area contributed by atoms with Crippen molar-refractivity contribution in [1.82, 2.24) is 19.9 Å². The molecule has 1 N–H and O–H groups in total. The maximum Gasteiger partial charge on any atom is 0.264 e. The van der Waals surface area contributed by atoms with Crippen molar-refractivity contribution in [1.29, 1.82) is 0 Å². The highest BCUT2D eigenvalue weighted by atomic mass is 16.2. The summed E-state index contributed by atoms with van der Waals surface area (Å²) in [6.07, 6.45) is 3.82. The monoisotopic (exact) mass is 346 g/mol. The van der Waals surface area contributed by atoms with E-state index in [0.717, 1.165) is 22.4 Å². The Morgan fingerprint density at radius 1 is 1.15 bits per heavy atom. The van der Waals surface area contributed by atoms with Gasteiger partial charge in [-0.1, -0.05) is 35.9 Å². The summed E-state index contributed by atoms with van der Waals surface area (Å²) in [5.41, 5.74) is 3.62. The summed E-state index contributed by atoms with van der Waals surface area (Å²) < 4.78 is 0. The first-order chi connectivity index (χ1) is 12.6. The Balaban J connectivity index is 1.59. The SMILES string of the molecule is Cc1ccc(-c2ncc(C(=O)N3CCc4ncccc4C3)c(=O)[nH]2)cc1. The van der Waals surface area contributed by atoms with E-state index in [4.69, 9.17) is 0 Å². The zero-order chi connectivity index (χ0) is 18.1. The fraction of sp³-hybridized carbons (Fsp3) is 0.200. The van der Waals surface area contributed by atoms with Crippen LogP contribution in [0.5, 0.6) is 0 Å². The lowest BCUT2D eigenvalue weighted by Crippen LogP contribution is -2.39. The predicted octanol–water partition coefficient (Wildman–Crippen LogP) is 2.34. The van der Waals surface area contributed by atoms with E-state index in [9.17, 15) is 9.59 Å². The van der Waals surface area contributed by atoms with Crippen molar-refractivity contribution in [2.45, 2.75) is 19.9 Å². The molecule has 0 fully saturated rings. The molecule has 4 rings (SSSR count). The second-order valence-electron chi connectivity index (χ2n) is 6.43. The van der Waals surface area contributed by atoms with E-state index in [1.807, 2.05) is 43.3 Å². The van der Waals surface area contributed by atoms with Gasteiger partial charge >= 0.3 is 0 Å². The largest absolute Gasteiger partial charge is 0.334 e. The van der Waals surface area contributed by atoms with Gasteiger partial charge in [-0.2, -0.15) is 0 Å². The number of amides is 1. The van der Waals surface area contributed by atoms with Crippen LogP contribution >= 0.6 is 0 Å². The van der Waals surface area contributed by atoms with Crippen LogP contribution < -0.4 is 5.56 Å². The molecule has 3 heterocycles. The minimum absolute atomic E-state index is 0.0631. The first-order valence-corrected chi connectivity index (χ1v) is 8.50. The number of hydrogen-bond donors (Lipinski definition) is 1. The molecule has 130 valence electrons. The normalized spacial score (nSPS) is 13.3. The van der Waals surface area contributed by atoms with E-state index >= 15 is 0 Å². The summed E-state index contributed by atoms with van der Waals surface area (Å²) in [6.45, 7) is 3.00. The van der Waals surface area contributed by atoms with E-state index < -0.39 is 5.56 Å². The number of aromatic nitrogens is 3. The first kappa shape index (κ1) is 16.2. The molecule has 0 bridgehead atoms. The Bertz CT molecular complexity index is 1020. The van der Waals surface area contributed by atoms with Gasteiger partial charge in [0.15, 0.2) is 0 Å². The molecule has 1 aromatic carbocycles. The number of nitrogens with one attached hydrogen (secondary N) is 1. The highest BCUT2D eigenvalue weighted by Gasteiger charge is 2.24. The van der Waals surface area contributed by atoms with E-state index in [0.29, 0.717) is 25.3 Å². The molecule has 1 amide bonds. The summed E-state index contributed by atoms with van der Waals surface area (Å²) in [6, 6.07) is 11.5. The summed E-state index contributed by atoms with van der Waals surface area (Å²) in [5.74, 6) is 0.156. The lowest BCUT2D eigenvalue weighted by molar-refractivity contribution is 0.0731. The number of carbonyl (C=O) groups is 1. The van der Waals surface area contributed by atoms with Gasteiger partial charge in [0.1, 0.15) is 11.4 Å². The second kappa shape index (κ2) is 6.55. The van der Waals surface area contributed by atoms with Crippen LogP contribution in [0, 0.1) is 6.92 Å². The maximum atomic E-state index is 12.8. The number of H-pyrrole nitrogens is 1.